The highest BCUT2D eigenvalue weighted by Crippen LogP contribution is 2.40. The summed E-state index contributed by atoms with van der Waals surface area (Å²) in [6, 6.07) is 17.3. The van der Waals surface area contributed by atoms with Gasteiger partial charge in [0.1, 0.15) is 23.1 Å². The van der Waals surface area contributed by atoms with Gasteiger partial charge in [-0.1, -0.05) is 30.3 Å². The molecule has 6 heterocycles. The average Bonchev–Trinajstić information content (AvgIpc) is 3.92. The number of aromatic nitrogens is 2. The molecule has 2 saturated heterocycles. The number of H-pyrrole nitrogens is 1. The van der Waals surface area contributed by atoms with Crippen LogP contribution in [-0.4, -0.2) is 116 Å². The highest BCUT2D eigenvalue weighted by molar-refractivity contribution is 6.05. The molecule has 14 heteroatoms. The number of hydrazine groups is 2. The fourth-order valence-electron chi connectivity index (χ4n) is 7.51. The molecule has 4 aliphatic rings. The fraction of sp³-hybridized carbons (Fsp3) is 0.359. The molecule has 0 aliphatic carbocycles. The lowest BCUT2D eigenvalue weighted by molar-refractivity contribution is -0.131. The highest BCUT2D eigenvalue weighted by atomic mass is 19.1. The van der Waals surface area contributed by atoms with E-state index in [4.69, 9.17) is 14.5 Å². The fourth-order valence-corrected chi connectivity index (χ4v) is 7.51. The Morgan fingerprint density at radius 1 is 0.906 bits per heavy atom. The van der Waals surface area contributed by atoms with E-state index in [9.17, 15) is 9.59 Å². The second-order valence-electron chi connectivity index (χ2n) is 13.5. The minimum atomic E-state index is -0.452. The number of hydrogen-bond acceptors (Lipinski definition) is 10. The molecular formula is C39H46FN9O4. The van der Waals surface area contributed by atoms with Gasteiger partial charge in [0, 0.05) is 95.7 Å². The number of methoxy groups -OCH3 is 1. The van der Waals surface area contributed by atoms with E-state index < -0.39 is 5.82 Å². The Bertz CT molecular complexity index is 2060. The summed E-state index contributed by atoms with van der Waals surface area (Å²) in [5.74, 6) is 1.82. The molecule has 2 fully saturated rings. The van der Waals surface area contributed by atoms with E-state index >= 15 is 4.39 Å². The number of fused-ring (bicyclic) bond motifs is 1. The predicted octanol–water partition coefficient (Wildman–Crippen LogP) is 4.22. The van der Waals surface area contributed by atoms with E-state index in [-0.39, 0.29) is 25.3 Å². The SMILES string of the molecule is COc1ccccc1-c1cc(C2=CCCN(C(=O)CCN3C=CNN3)C2)c(F)c2[nH]c(C(=O)N3CCN(c4cccc(N5CCOCC5)n4)CC3)cc12.[HH]. The number of morpholine rings is 1. The van der Waals surface area contributed by atoms with Gasteiger partial charge < -0.3 is 39.5 Å². The third-order valence-corrected chi connectivity index (χ3v) is 10.4. The molecule has 4 aromatic rings. The molecule has 0 unspecified atom stereocenters. The number of piperazine rings is 1. The van der Waals surface area contributed by atoms with Gasteiger partial charge in [0.15, 0.2) is 5.82 Å². The number of nitrogens with zero attached hydrogens (tertiary/aromatic N) is 6. The zero-order chi connectivity index (χ0) is 36.3. The number of aromatic amines is 1. The van der Waals surface area contributed by atoms with Crippen LogP contribution >= 0.6 is 0 Å². The van der Waals surface area contributed by atoms with E-state index in [0.717, 1.165) is 41.4 Å². The van der Waals surface area contributed by atoms with Crippen molar-refractivity contribution in [3.05, 3.63) is 90.1 Å². The van der Waals surface area contributed by atoms with Crippen LogP contribution in [0.5, 0.6) is 5.75 Å². The van der Waals surface area contributed by atoms with Crippen LogP contribution in [0.4, 0.5) is 16.0 Å². The van der Waals surface area contributed by atoms with Crippen molar-refractivity contribution in [3.63, 3.8) is 0 Å². The first-order valence-corrected chi connectivity index (χ1v) is 18.2. The van der Waals surface area contributed by atoms with Crippen LogP contribution in [0, 0.1) is 5.82 Å². The Labute approximate surface area is 309 Å². The standard InChI is InChI=1S/C39H44FN9O4.H2/c1-52-33-8-3-2-7-28(33)30-24-29(27-6-5-13-48(26-27)36(50)11-14-49-15-12-41-44-49)37(40)38-31(30)25-32(42-38)39(51)47-18-16-45(17-19-47)34-9-4-10-35(43-34)46-20-22-53-23-21-46;/h2-4,6-10,12,15,24-25,41-42,44H,5,11,13-14,16-23,26H2,1H3;1H. The van der Waals surface area contributed by atoms with E-state index in [1.807, 2.05) is 65.7 Å². The van der Waals surface area contributed by atoms with Crippen LogP contribution in [0.2, 0.25) is 0 Å². The first kappa shape index (κ1) is 34.5. The summed E-state index contributed by atoms with van der Waals surface area (Å²) in [5.41, 5.74) is 9.03. The molecule has 0 radical (unpaired) electrons. The van der Waals surface area contributed by atoms with E-state index in [2.05, 4.69) is 25.7 Å². The molecule has 2 aromatic carbocycles. The Morgan fingerprint density at radius 3 is 2.43 bits per heavy atom. The van der Waals surface area contributed by atoms with Crippen LogP contribution in [0.15, 0.2) is 73.1 Å². The van der Waals surface area contributed by atoms with Crippen molar-refractivity contribution in [2.75, 3.05) is 89.0 Å². The first-order valence-electron chi connectivity index (χ1n) is 18.2. The normalized spacial score (nSPS) is 17.7. The van der Waals surface area contributed by atoms with Gasteiger partial charge in [0.2, 0.25) is 5.91 Å². The number of carbonyl (C=O) groups is 2. The zero-order valence-corrected chi connectivity index (χ0v) is 29.8. The summed E-state index contributed by atoms with van der Waals surface area (Å²) in [7, 11) is 1.61. The van der Waals surface area contributed by atoms with Gasteiger partial charge in [-0.15, -0.1) is 5.53 Å². The molecule has 53 heavy (non-hydrogen) atoms. The summed E-state index contributed by atoms with van der Waals surface area (Å²) in [5, 5.41) is 2.39. The van der Waals surface area contributed by atoms with Crippen molar-refractivity contribution in [2.45, 2.75) is 12.8 Å². The number of pyridine rings is 1. The molecule has 2 aromatic heterocycles. The largest absolute Gasteiger partial charge is 0.496 e. The number of hydrogen-bond donors (Lipinski definition) is 3. The molecule has 4 aliphatic heterocycles. The molecular weight excluding hydrogens is 677 g/mol. The topological polar surface area (TPSA) is 122 Å². The number of anilines is 2. The maximum absolute atomic E-state index is 16.8. The third kappa shape index (κ3) is 7.11. The third-order valence-electron chi connectivity index (χ3n) is 10.4. The molecule has 0 bridgehead atoms. The molecule has 0 spiro atoms. The number of halogens is 1. The van der Waals surface area contributed by atoms with E-state index in [0.29, 0.717) is 87.7 Å². The molecule has 13 nitrogen and oxygen atoms in total. The van der Waals surface area contributed by atoms with Gasteiger partial charge in [-0.3, -0.25) is 14.6 Å². The number of benzene rings is 2. The molecule has 0 saturated carbocycles. The molecule has 8 rings (SSSR count). The summed E-state index contributed by atoms with van der Waals surface area (Å²) >= 11 is 0. The Kier molecular flexibility index (Phi) is 9.87. The lowest BCUT2D eigenvalue weighted by Gasteiger charge is -2.36. The Morgan fingerprint density at radius 2 is 1.68 bits per heavy atom. The number of nitrogens with one attached hydrogen (secondary N) is 3. The first-order chi connectivity index (χ1) is 26.0. The van der Waals surface area contributed by atoms with Crippen LogP contribution in [0.25, 0.3) is 27.6 Å². The van der Waals surface area contributed by atoms with Gasteiger partial charge in [-0.2, -0.15) is 0 Å². The summed E-state index contributed by atoms with van der Waals surface area (Å²) in [6.07, 6.45) is 6.52. The van der Waals surface area contributed by atoms with Gasteiger partial charge in [0.25, 0.3) is 5.91 Å². The quantitative estimate of drug-likeness (QED) is 0.232. The lowest BCUT2D eigenvalue weighted by atomic mass is 9.93. The van der Waals surface area contributed by atoms with Crippen LogP contribution < -0.4 is 25.5 Å². The predicted molar refractivity (Wildman–Crippen MR) is 204 cm³/mol. The monoisotopic (exact) mass is 723 g/mol. The van der Waals surface area contributed by atoms with Gasteiger partial charge in [-0.05, 0) is 47.9 Å². The van der Waals surface area contributed by atoms with Crippen molar-refractivity contribution in [2.24, 2.45) is 0 Å². The Balaban J connectivity index is 0.00000450. The molecule has 278 valence electrons. The van der Waals surface area contributed by atoms with Crippen LogP contribution in [-0.2, 0) is 9.53 Å². The molecule has 3 N–H and O–H groups in total. The minimum absolute atomic E-state index is 0. The number of rotatable bonds is 9. The van der Waals surface area contributed by atoms with Gasteiger partial charge >= 0.3 is 0 Å². The molecule has 0 atom stereocenters. The summed E-state index contributed by atoms with van der Waals surface area (Å²) in [4.78, 5) is 43.4. The number of para-hydroxylation sites is 1. The van der Waals surface area contributed by atoms with Crippen molar-refractivity contribution in [1.82, 2.24) is 35.7 Å². The Hall–Kier alpha value is -5.60. The average molecular weight is 724 g/mol. The van der Waals surface area contributed by atoms with Crippen molar-refractivity contribution in [3.8, 4) is 16.9 Å². The van der Waals surface area contributed by atoms with Crippen LogP contribution in [0.1, 0.15) is 30.3 Å². The number of ether oxygens (including phenoxy) is 2. The summed E-state index contributed by atoms with van der Waals surface area (Å²) < 4.78 is 28.0. The molecule has 2 amide bonds. The highest BCUT2D eigenvalue weighted by Gasteiger charge is 2.28. The minimum Gasteiger partial charge on any atom is -0.496 e. The number of carbonyl (C=O) groups excluding carboxylic acids is 2. The summed E-state index contributed by atoms with van der Waals surface area (Å²) in [6.45, 7) is 6.62. The maximum atomic E-state index is 16.8. The van der Waals surface area contributed by atoms with Gasteiger partial charge in [0.05, 0.1) is 25.8 Å². The smallest absolute Gasteiger partial charge is 0.270 e. The van der Waals surface area contributed by atoms with Crippen molar-refractivity contribution < 1.29 is 24.9 Å². The second kappa shape index (κ2) is 15.2. The lowest BCUT2D eigenvalue weighted by Crippen LogP contribution is -2.49. The second-order valence-corrected chi connectivity index (χ2v) is 13.5. The van der Waals surface area contributed by atoms with Crippen LogP contribution in [0.3, 0.4) is 0 Å². The van der Waals surface area contributed by atoms with Gasteiger partial charge in [-0.25, -0.2) is 9.37 Å². The van der Waals surface area contributed by atoms with Crippen molar-refractivity contribution in [1.29, 1.82) is 0 Å². The van der Waals surface area contributed by atoms with E-state index in [1.54, 1.807) is 29.3 Å². The van der Waals surface area contributed by atoms with Crippen molar-refractivity contribution >= 4 is 39.9 Å². The van der Waals surface area contributed by atoms with E-state index in [1.165, 1.54) is 0 Å². The maximum Gasteiger partial charge on any atom is 0.270 e. The zero-order valence-electron chi connectivity index (χ0n) is 29.8. The number of amides is 2.